The first-order chi connectivity index (χ1) is 7.34. The molecule has 0 aromatic heterocycles. The van der Waals surface area contributed by atoms with Crippen molar-refractivity contribution in [3.8, 4) is 0 Å². The third-order valence-corrected chi connectivity index (χ3v) is 3.54. The molecule has 0 aliphatic carbocycles. The summed E-state index contributed by atoms with van der Waals surface area (Å²) in [6.45, 7) is 7.33. The van der Waals surface area contributed by atoms with Crippen LogP contribution in [0.3, 0.4) is 0 Å². The topological polar surface area (TPSA) is 3.01 Å². The summed E-state index contributed by atoms with van der Waals surface area (Å²) in [5.74, 6) is 0. The number of nitrogens with zero attached hydrogens (tertiary/aromatic N) is 1. The molecule has 1 nitrogen and oxygen atoms in total. The molecule has 1 fully saturated rings. The van der Waals surface area contributed by atoms with Gasteiger partial charge in [-0.15, -0.1) is 0 Å². The number of hydrogen-bond acceptors (Lipinski definition) is 1. The van der Waals surface area contributed by atoms with Crippen molar-refractivity contribution in [2.24, 2.45) is 0 Å². The molecule has 1 heterocycles. The molecule has 1 rings (SSSR count). The molecule has 0 saturated carbocycles. The van der Waals surface area contributed by atoms with Gasteiger partial charge in [-0.3, -0.25) is 4.90 Å². The Morgan fingerprint density at radius 1 is 0.867 bits per heavy atom. The maximum Gasteiger partial charge on any atom is 0.0195 e. The van der Waals surface area contributed by atoms with Gasteiger partial charge in [0, 0.05) is 12.6 Å². The van der Waals surface area contributed by atoms with Crippen LogP contribution < -0.4 is 0 Å². The van der Waals surface area contributed by atoms with E-state index in [0.717, 1.165) is 6.04 Å². The van der Waals surface area contributed by atoms with E-state index >= 15 is 0 Å². The van der Waals surface area contributed by atoms with E-state index in [-0.39, 0.29) is 0 Å². The number of rotatable bonds is 10. The van der Waals surface area contributed by atoms with E-state index in [9.17, 15) is 0 Å². The van der Waals surface area contributed by atoms with Crippen LogP contribution in [0, 0.1) is 0 Å². The highest BCUT2D eigenvalue weighted by Crippen LogP contribution is 2.17. The van der Waals surface area contributed by atoms with Gasteiger partial charge < -0.3 is 0 Å². The number of hydrogen-bond donors (Lipinski definition) is 0. The largest absolute Gasteiger partial charge is 0.298 e. The van der Waals surface area contributed by atoms with E-state index in [1.165, 1.54) is 70.9 Å². The van der Waals surface area contributed by atoms with Crippen molar-refractivity contribution in [3.63, 3.8) is 0 Å². The Hall–Kier alpha value is -0.0400. The van der Waals surface area contributed by atoms with Crippen LogP contribution in [0.5, 0.6) is 0 Å². The first-order valence-electron chi connectivity index (χ1n) is 7.08. The third kappa shape index (κ3) is 6.94. The molecule has 0 bridgehead atoms. The lowest BCUT2D eigenvalue weighted by atomic mass is 10.1. The fourth-order valence-electron chi connectivity index (χ4n) is 2.23. The molecule has 2 unspecified atom stereocenters. The predicted octanol–water partition coefficient (Wildman–Crippen LogP) is 4.22. The Bertz CT molecular complexity index is 144. The molecular formula is C14H29N. The zero-order chi connectivity index (χ0) is 10.9. The fourth-order valence-corrected chi connectivity index (χ4v) is 2.23. The Labute approximate surface area is 96.2 Å². The van der Waals surface area contributed by atoms with Crippen molar-refractivity contribution in [2.75, 3.05) is 13.1 Å². The fraction of sp³-hybridized carbons (Fsp3) is 1.00. The van der Waals surface area contributed by atoms with Crippen molar-refractivity contribution >= 4 is 0 Å². The average Bonchev–Trinajstić information content (AvgIpc) is 2.92. The molecule has 0 N–H and O–H groups in total. The second-order valence-corrected chi connectivity index (χ2v) is 5.17. The van der Waals surface area contributed by atoms with E-state index in [1.807, 2.05) is 0 Å². The van der Waals surface area contributed by atoms with E-state index in [1.54, 1.807) is 0 Å². The predicted molar refractivity (Wildman–Crippen MR) is 68.3 cm³/mol. The highest BCUT2D eigenvalue weighted by molar-refractivity contribution is 4.83. The Morgan fingerprint density at radius 2 is 1.33 bits per heavy atom. The minimum atomic E-state index is 0.902. The highest BCUT2D eigenvalue weighted by Gasteiger charge is 2.27. The summed E-state index contributed by atoms with van der Waals surface area (Å²) in [5, 5.41) is 0. The smallest absolute Gasteiger partial charge is 0.0195 e. The van der Waals surface area contributed by atoms with Crippen molar-refractivity contribution in [3.05, 3.63) is 0 Å². The van der Waals surface area contributed by atoms with Crippen molar-refractivity contribution in [1.29, 1.82) is 0 Å². The molecule has 0 aromatic rings. The van der Waals surface area contributed by atoms with Crippen LogP contribution in [-0.2, 0) is 0 Å². The van der Waals surface area contributed by atoms with E-state index in [2.05, 4.69) is 18.7 Å². The normalized spacial score (nSPS) is 24.4. The summed E-state index contributed by atoms with van der Waals surface area (Å²) in [4.78, 5) is 2.57. The zero-order valence-corrected chi connectivity index (χ0v) is 10.8. The molecular weight excluding hydrogens is 182 g/mol. The van der Waals surface area contributed by atoms with Crippen molar-refractivity contribution < 1.29 is 0 Å². The molecule has 2 atom stereocenters. The van der Waals surface area contributed by atoms with Gasteiger partial charge in [-0.25, -0.2) is 0 Å². The number of unbranched alkanes of at least 4 members (excludes halogenated alkanes) is 8. The minimum absolute atomic E-state index is 0.902. The highest BCUT2D eigenvalue weighted by atomic mass is 15.3. The standard InChI is InChI=1S/C14H29N/c1-3-4-5-6-7-8-9-10-11-12-15-13-14(15)2/h14H,3-13H2,1-2H3. The maximum atomic E-state index is 2.57. The monoisotopic (exact) mass is 211 g/mol. The molecule has 1 heteroatoms. The third-order valence-electron chi connectivity index (χ3n) is 3.54. The first kappa shape index (κ1) is 13.0. The molecule has 90 valence electrons. The van der Waals surface area contributed by atoms with Crippen LogP contribution >= 0.6 is 0 Å². The van der Waals surface area contributed by atoms with Crippen LogP contribution in [0.4, 0.5) is 0 Å². The van der Waals surface area contributed by atoms with Gasteiger partial charge in [-0.2, -0.15) is 0 Å². The van der Waals surface area contributed by atoms with Crippen LogP contribution in [0.2, 0.25) is 0 Å². The summed E-state index contributed by atoms with van der Waals surface area (Å²) < 4.78 is 0. The molecule has 1 aliphatic rings. The second-order valence-electron chi connectivity index (χ2n) is 5.17. The summed E-state index contributed by atoms with van der Waals surface area (Å²) in [6, 6.07) is 0.902. The molecule has 0 radical (unpaired) electrons. The molecule has 0 spiro atoms. The van der Waals surface area contributed by atoms with E-state index in [0.29, 0.717) is 0 Å². The molecule has 1 aliphatic heterocycles. The SMILES string of the molecule is CCCCCCCCCCCN1CC1C. The van der Waals surface area contributed by atoms with Crippen LogP contribution in [0.15, 0.2) is 0 Å². The van der Waals surface area contributed by atoms with Gasteiger partial charge in [0.25, 0.3) is 0 Å². The van der Waals surface area contributed by atoms with E-state index < -0.39 is 0 Å². The summed E-state index contributed by atoms with van der Waals surface area (Å²) in [6.07, 6.45) is 13.0. The zero-order valence-electron chi connectivity index (χ0n) is 10.8. The van der Waals surface area contributed by atoms with Gasteiger partial charge in [0.05, 0.1) is 0 Å². The van der Waals surface area contributed by atoms with Crippen LogP contribution in [0.25, 0.3) is 0 Å². The van der Waals surface area contributed by atoms with Gasteiger partial charge >= 0.3 is 0 Å². The lowest BCUT2D eigenvalue weighted by molar-refractivity contribution is 0.473. The van der Waals surface area contributed by atoms with E-state index in [4.69, 9.17) is 0 Å². The summed E-state index contributed by atoms with van der Waals surface area (Å²) in [7, 11) is 0. The first-order valence-corrected chi connectivity index (χ1v) is 7.08. The second kappa shape index (κ2) is 8.15. The molecule has 1 saturated heterocycles. The molecule has 0 amide bonds. The Kier molecular flexibility index (Phi) is 7.08. The maximum absolute atomic E-state index is 2.57. The molecule has 0 aromatic carbocycles. The van der Waals surface area contributed by atoms with Crippen molar-refractivity contribution in [2.45, 2.75) is 77.7 Å². The van der Waals surface area contributed by atoms with Gasteiger partial charge in [-0.05, 0) is 19.9 Å². The van der Waals surface area contributed by atoms with Gasteiger partial charge in [-0.1, -0.05) is 58.3 Å². The lowest BCUT2D eigenvalue weighted by Crippen LogP contribution is -2.01. The quantitative estimate of drug-likeness (QED) is 0.386. The van der Waals surface area contributed by atoms with Crippen LogP contribution in [-0.4, -0.2) is 24.0 Å². The van der Waals surface area contributed by atoms with Crippen molar-refractivity contribution in [1.82, 2.24) is 4.90 Å². The summed E-state index contributed by atoms with van der Waals surface area (Å²) in [5.41, 5.74) is 0. The Morgan fingerprint density at radius 3 is 1.80 bits per heavy atom. The molecule has 15 heavy (non-hydrogen) atoms. The van der Waals surface area contributed by atoms with Gasteiger partial charge in [0.15, 0.2) is 0 Å². The van der Waals surface area contributed by atoms with Gasteiger partial charge in [0.2, 0.25) is 0 Å². The Balaban J connectivity index is 1.66. The lowest BCUT2D eigenvalue weighted by Gasteiger charge is -2.02. The summed E-state index contributed by atoms with van der Waals surface area (Å²) >= 11 is 0. The van der Waals surface area contributed by atoms with Crippen LogP contribution in [0.1, 0.15) is 71.6 Å². The minimum Gasteiger partial charge on any atom is -0.298 e. The average molecular weight is 211 g/mol. The van der Waals surface area contributed by atoms with Gasteiger partial charge in [0.1, 0.15) is 0 Å².